The second-order valence-corrected chi connectivity index (χ2v) is 1.77. The molecule has 0 aliphatic heterocycles. The Labute approximate surface area is 70.4 Å². The molecule has 0 aliphatic rings. The van der Waals surface area contributed by atoms with E-state index in [0.717, 1.165) is 6.40 Å². The molecule has 62 valence electrons. The predicted octanol–water partition coefficient (Wildman–Crippen LogP) is 0.487. The SMILES string of the molecule is CCOC=NC(C#N)C(=N)C#N. The highest BCUT2D eigenvalue weighted by Gasteiger charge is 2.09. The van der Waals surface area contributed by atoms with Crippen LogP contribution in [0, 0.1) is 28.1 Å². The van der Waals surface area contributed by atoms with Gasteiger partial charge in [0.1, 0.15) is 11.8 Å². The third-order valence-electron chi connectivity index (χ3n) is 0.967. The Hall–Kier alpha value is -1.88. The number of nitrogens with one attached hydrogen (secondary N) is 1. The third-order valence-corrected chi connectivity index (χ3v) is 0.967. The van der Waals surface area contributed by atoms with Crippen molar-refractivity contribution in [1.29, 1.82) is 15.9 Å². The summed E-state index contributed by atoms with van der Waals surface area (Å²) < 4.78 is 4.71. The zero-order chi connectivity index (χ0) is 9.40. The Kier molecular flexibility index (Phi) is 4.95. The monoisotopic (exact) mass is 164 g/mol. The van der Waals surface area contributed by atoms with E-state index in [0.29, 0.717) is 6.61 Å². The largest absolute Gasteiger partial charge is 0.484 e. The highest BCUT2D eigenvalue weighted by Crippen LogP contribution is 1.89. The number of ether oxygens (including phenoxy) is 1. The minimum Gasteiger partial charge on any atom is -0.484 e. The van der Waals surface area contributed by atoms with Gasteiger partial charge in [-0.2, -0.15) is 10.5 Å². The lowest BCUT2D eigenvalue weighted by Crippen LogP contribution is -2.13. The summed E-state index contributed by atoms with van der Waals surface area (Å²) in [6.45, 7) is 2.21. The zero-order valence-corrected chi connectivity index (χ0v) is 6.61. The first kappa shape index (κ1) is 10.1. The van der Waals surface area contributed by atoms with Crippen LogP contribution >= 0.6 is 0 Å². The van der Waals surface area contributed by atoms with Crippen LogP contribution in [0.4, 0.5) is 0 Å². The maximum Gasteiger partial charge on any atom is 0.190 e. The molecule has 0 spiro atoms. The third kappa shape index (κ3) is 3.33. The molecule has 0 aromatic rings. The van der Waals surface area contributed by atoms with E-state index in [2.05, 4.69) is 4.99 Å². The van der Waals surface area contributed by atoms with Crippen LogP contribution in [0.1, 0.15) is 6.92 Å². The molecular formula is C7H8N4O. The summed E-state index contributed by atoms with van der Waals surface area (Å²) in [5.41, 5.74) is -0.381. The van der Waals surface area contributed by atoms with Crippen LogP contribution in [-0.2, 0) is 4.74 Å². The first-order chi connectivity index (χ1) is 5.76. The molecule has 0 heterocycles. The van der Waals surface area contributed by atoms with Crippen LogP contribution in [-0.4, -0.2) is 24.8 Å². The highest BCUT2D eigenvalue weighted by atomic mass is 16.5. The molecule has 5 heteroatoms. The van der Waals surface area contributed by atoms with Gasteiger partial charge in [0.05, 0.1) is 12.7 Å². The summed E-state index contributed by atoms with van der Waals surface area (Å²) in [6.07, 6.45) is 1.08. The Bertz CT molecular complexity index is 258. The average molecular weight is 164 g/mol. The summed E-state index contributed by atoms with van der Waals surface area (Å²) >= 11 is 0. The van der Waals surface area contributed by atoms with Crippen LogP contribution in [0.25, 0.3) is 0 Å². The minimum absolute atomic E-state index is 0.381. The van der Waals surface area contributed by atoms with Gasteiger partial charge in [-0.05, 0) is 6.92 Å². The molecule has 1 N–H and O–H groups in total. The lowest BCUT2D eigenvalue weighted by molar-refractivity contribution is 0.342. The fraction of sp³-hybridized carbons (Fsp3) is 0.429. The highest BCUT2D eigenvalue weighted by molar-refractivity contribution is 6.02. The molecule has 0 bridgehead atoms. The van der Waals surface area contributed by atoms with Gasteiger partial charge in [-0.1, -0.05) is 0 Å². The fourth-order valence-corrected chi connectivity index (χ4v) is 0.412. The van der Waals surface area contributed by atoms with Gasteiger partial charge in [-0.3, -0.25) is 5.41 Å². The quantitative estimate of drug-likeness (QED) is 0.483. The Morgan fingerprint density at radius 1 is 1.75 bits per heavy atom. The lowest BCUT2D eigenvalue weighted by Gasteiger charge is -1.96. The van der Waals surface area contributed by atoms with Gasteiger partial charge in [-0.25, -0.2) is 4.99 Å². The van der Waals surface area contributed by atoms with Crippen LogP contribution in [0.15, 0.2) is 4.99 Å². The number of aliphatic imine (C=N–C) groups is 1. The summed E-state index contributed by atoms with van der Waals surface area (Å²) in [4.78, 5) is 3.55. The molecule has 0 fully saturated rings. The van der Waals surface area contributed by atoms with Crippen LogP contribution < -0.4 is 0 Å². The molecule has 0 aromatic carbocycles. The topological polar surface area (TPSA) is 93.0 Å². The first-order valence-corrected chi connectivity index (χ1v) is 3.27. The maximum atomic E-state index is 8.42. The Morgan fingerprint density at radius 3 is 2.83 bits per heavy atom. The van der Waals surface area contributed by atoms with Crippen molar-refractivity contribution >= 4 is 12.1 Å². The predicted molar refractivity (Wildman–Crippen MR) is 42.9 cm³/mol. The minimum atomic E-state index is -1.04. The molecule has 12 heavy (non-hydrogen) atoms. The molecule has 0 saturated heterocycles. The van der Waals surface area contributed by atoms with Crippen LogP contribution in [0.5, 0.6) is 0 Å². The van der Waals surface area contributed by atoms with E-state index in [9.17, 15) is 0 Å². The van der Waals surface area contributed by atoms with E-state index < -0.39 is 6.04 Å². The van der Waals surface area contributed by atoms with Gasteiger partial charge in [0, 0.05) is 0 Å². The van der Waals surface area contributed by atoms with Crippen molar-refractivity contribution in [3.05, 3.63) is 0 Å². The van der Waals surface area contributed by atoms with Crippen LogP contribution in [0.3, 0.4) is 0 Å². The van der Waals surface area contributed by atoms with E-state index in [1.807, 2.05) is 0 Å². The number of rotatable bonds is 4. The van der Waals surface area contributed by atoms with Gasteiger partial charge in [0.15, 0.2) is 12.4 Å². The molecule has 1 atom stereocenters. The number of nitriles is 2. The standard InChI is InChI=1S/C7H8N4O/c1-2-12-5-11-7(4-9)6(10)3-8/h5,7,10H,2H2,1H3. The maximum absolute atomic E-state index is 8.42. The molecule has 0 radical (unpaired) electrons. The molecule has 0 amide bonds. The number of hydrogen-bond acceptors (Lipinski definition) is 5. The lowest BCUT2D eigenvalue weighted by atomic mass is 10.2. The van der Waals surface area contributed by atoms with Crippen molar-refractivity contribution in [2.24, 2.45) is 4.99 Å². The van der Waals surface area contributed by atoms with Crippen molar-refractivity contribution < 1.29 is 4.74 Å². The van der Waals surface area contributed by atoms with E-state index in [4.69, 9.17) is 20.7 Å². The van der Waals surface area contributed by atoms with E-state index in [-0.39, 0.29) is 5.71 Å². The number of hydrogen-bond donors (Lipinski definition) is 1. The van der Waals surface area contributed by atoms with Gasteiger partial charge >= 0.3 is 0 Å². The van der Waals surface area contributed by atoms with Crippen molar-refractivity contribution in [1.82, 2.24) is 0 Å². The second-order valence-electron chi connectivity index (χ2n) is 1.77. The summed E-state index contributed by atoms with van der Waals surface area (Å²) in [5, 5.41) is 23.6. The van der Waals surface area contributed by atoms with Crippen LogP contribution in [0.2, 0.25) is 0 Å². The van der Waals surface area contributed by atoms with Crippen molar-refractivity contribution in [3.8, 4) is 12.1 Å². The second kappa shape index (κ2) is 5.87. The van der Waals surface area contributed by atoms with Crippen molar-refractivity contribution in [2.75, 3.05) is 6.61 Å². The van der Waals surface area contributed by atoms with E-state index in [1.165, 1.54) is 6.07 Å². The van der Waals surface area contributed by atoms with E-state index in [1.54, 1.807) is 13.0 Å². The van der Waals surface area contributed by atoms with Crippen molar-refractivity contribution in [3.63, 3.8) is 0 Å². The van der Waals surface area contributed by atoms with E-state index >= 15 is 0 Å². The molecule has 1 unspecified atom stereocenters. The van der Waals surface area contributed by atoms with Gasteiger partial charge in [-0.15, -0.1) is 0 Å². The smallest absolute Gasteiger partial charge is 0.190 e. The Balaban J connectivity index is 4.13. The molecule has 0 aromatic heterocycles. The first-order valence-electron chi connectivity index (χ1n) is 3.27. The van der Waals surface area contributed by atoms with Gasteiger partial charge in [0.2, 0.25) is 0 Å². The normalized spacial score (nSPS) is 11.6. The summed E-state index contributed by atoms with van der Waals surface area (Å²) in [6, 6.07) is 2.18. The molecule has 0 saturated carbocycles. The molecule has 5 nitrogen and oxygen atoms in total. The zero-order valence-electron chi connectivity index (χ0n) is 6.61. The number of nitrogens with zero attached hydrogens (tertiary/aromatic N) is 3. The average Bonchev–Trinajstić information content (AvgIpc) is 2.11. The summed E-state index contributed by atoms with van der Waals surface area (Å²) in [5.74, 6) is 0. The molecule has 0 rings (SSSR count). The summed E-state index contributed by atoms with van der Waals surface area (Å²) in [7, 11) is 0. The molecule has 0 aliphatic carbocycles. The van der Waals surface area contributed by atoms with Crippen molar-refractivity contribution in [2.45, 2.75) is 13.0 Å². The van der Waals surface area contributed by atoms with Gasteiger partial charge in [0.25, 0.3) is 0 Å². The fourth-order valence-electron chi connectivity index (χ4n) is 0.412. The molecular weight excluding hydrogens is 156 g/mol. The van der Waals surface area contributed by atoms with Gasteiger partial charge < -0.3 is 4.74 Å². The Morgan fingerprint density at radius 2 is 2.42 bits per heavy atom.